The largest absolute Gasteiger partial charge is 0.396 e. The maximum Gasteiger partial charge on any atom is 0.146 e. The van der Waals surface area contributed by atoms with Gasteiger partial charge in [-0.15, -0.1) is 0 Å². The maximum atomic E-state index is 10.3. The van der Waals surface area contributed by atoms with Crippen LogP contribution in [0.15, 0.2) is 30.3 Å². The first-order valence-electron chi connectivity index (χ1n) is 9.40. The highest BCUT2D eigenvalue weighted by Gasteiger charge is 2.71. The smallest absolute Gasteiger partial charge is 0.146 e. The molecule has 1 aromatic carbocycles. The fourth-order valence-corrected chi connectivity index (χ4v) is 9.27. The van der Waals surface area contributed by atoms with E-state index in [-0.39, 0.29) is 17.1 Å². The van der Waals surface area contributed by atoms with Crippen molar-refractivity contribution in [3.63, 3.8) is 0 Å². The fraction of sp³-hybridized carbons (Fsp3) is 0.700. The van der Waals surface area contributed by atoms with Gasteiger partial charge >= 0.3 is 0 Å². The van der Waals surface area contributed by atoms with E-state index in [0.29, 0.717) is 13.4 Å². The summed E-state index contributed by atoms with van der Waals surface area (Å²) in [6.07, 6.45) is 1.04. The highest BCUT2D eigenvalue weighted by atomic mass is 28.3. The summed E-state index contributed by atoms with van der Waals surface area (Å²) < 4.78 is 11.5. The average molecular weight is 381 g/mol. The van der Waals surface area contributed by atoms with Gasteiger partial charge in [-0.1, -0.05) is 75.2 Å². The lowest BCUT2D eigenvalue weighted by atomic mass is 10.1. The lowest BCUT2D eigenvalue weighted by Gasteiger charge is -2.36. The lowest BCUT2D eigenvalue weighted by Crippen LogP contribution is -2.51. The molecule has 5 heteroatoms. The Kier molecular flexibility index (Phi) is 6.37. The molecule has 2 atom stereocenters. The van der Waals surface area contributed by atoms with Gasteiger partial charge in [0.2, 0.25) is 0 Å². The van der Waals surface area contributed by atoms with Crippen LogP contribution in [0.5, 0.6) is 0 Å². The molecule has 1 saturated carbocycles. The second kappa shape index (κ2) is 7.65. The van der Waals surface area contributed by atoms with Crippen molar-refractivity contribution >= 4 is 21.3 Å². The quantitative estimate of drug-likeness (QED) is 0.378. The first-order chi connectivity index (χ1) is 11.6. The Balaban J connectivity index is 1.90. The zero-order valence-corrected chi connectivity index (χ0v) is 18.9. The van der Waals surface area contributed by atoms with Gasteiger partial charge in [-0.2, -0.15) is 0 Å². The molecule has 1 fully saturated rings. The van der Waals surface area contributed by atoms with Crippen molar-refractivity contribution in [3.8, 4) is 0 Å². The highest BCUT2D eigenvalue weighted by molar-refractivity contribution is 6.93. The molecule has 1 N–H and O–H groups in total. The summed E-state index contributed by atoms with van der Waals surface area (Å²) in [4.78, 5) is 0. The normalized spacial score (nSPS) is 26.7. The zero-order valence-electron chi connectivity index (χ0n) is 16.9. The molecule has 2 rings (SSSR count). The van der Waals surface area contributed by atoms with Gasteiger partial charge in [0.1, 0.15) is 6.79 Å². The van der Waals surface area contributed by atoms with Crippen molar-refractivity contribution in [2.24, 2.45) is 5.41 Å². The van der Waals surface area contributed by atoms with Crippen LogP contribution in [0.2, 0.25) is 43.8 Å². The molecule has 0 bridgehead atoms. The monoisotopic (exact) mass is 380 g/mol. The number of benzene rings is 1. The Labute approximate surface area is 155 Å². The van der Waals surface area contributed by atoms with E-state index in [9.17, 15) is 5.11 Å². The lowest BCUT2D eigenvalue weighted by molar-refractivity contribution is -0.0643. The van der Waals surface area contributed by atoms with Crippen molar-refractivity contribution in [3.05, 3.63) is 30.3 Å². The molecule has 1 aliphatic carbocycles. The van der Waals surface area contributed by atoms with Gasteiger partial charge in [0.05, 0.1) is 14.7 Å². The third-order valence-corrected chi connectivity index (χ3v) is 13.1. The van der Waals surface area contributed by atoms with Gasteiger partial charge in [0, 0.05) is 26.3 Å². The SMILES string of the molecule is C[C@@]1(COCOCC[Si](C)(C)C)C[C@]1(CO)[Si](C)(C)c1ccccc1. The number of hydrogen-bond donors (Lipinski definition) is 1. The van der Waals surface area contributed by atoms with Crippen LogP contribution >= 0.6 is 0 Å². The predicted molar refractivity (Wildman–Crippen MR) is 111 cm³/mol. The number of aliphatic hydroxyl groups excluding tert-OH is 1. The Bertz CT molecular complexity index is 556. The molecular weight excluding hydrogens is 344 g/mol. The van der Waals surface area contributed by atoms with Crippen LogP contribution in [0.3, 0.4) is 0 Å². The van der Waals surface area contributed by atoms with Crippen molar-refractivity contribution in [2.75, 3.05) is 26.6 Å². The van der Waals surface area contributed by atoms with E-state index in [1.54, 1.807) is 0 Å². The summed E-state index contributed by atoms with van der Waals surface area (Å²) >= 11 is 0. The van der Waals surface area contributed by atoms with E-state index in [4.69, 9.17) is 9.47 Å². The summed E-state index contributed by atoms with van der Waals surface area (Å²) in [5.41, 5.74) is 0.0510. The molecule has 0 aromatic heterocycles. The maximum absolute atomic E-state index is 10.3. The summed E-state index contributed by atoms with van der Waals surface area (Å²) in [6.45, 7) is 16.2. The Morgan fingerprint density at radius 3 is 2.24 bits per heavy atom. The van der Waals surface area contributed by atoms with E-state index in [2.05, 4.69) is 70.0 Å². The van der Waals surface area contributed by atoms with Crippen LogP contribution < -0.4 is 5.19 Å². The van der Waals surface area contributed by atoms with Crippen LogP contribution in [0.25, 0.3) is 0 Å². The third-order valence-electron chi connectivity index (χ3n) is 6.27. The fourth-order valence-electron chi connectivity index (χ4n) is 4.13. The van der Waals surface area contributed by atoms with Crippen LogP contribution in [0.4, 0.5) is 0 Å². The van der Waals surface area contributed by atoms with Gasteiger partial charge in [-0.05, 0) is 17.9 Å². The van der Waals surface area contributed by atoms with E-state index in [0.717, 1.165) is 13.0 Å². The predicted octanol–water partition coefficient (Wildman–Crippen LogP) is 4.07. The average Bonchev–Trinajstić information content (AvgIpc) is 3.18. The zero-order chi connectivity index (χ0) is 18.8. The van der Waals surface area contributed by atoms with Gasteiger partial charge in [0.25, 0.3) is 0 Å². The Hall–Kier alpha value is -0.466. The first-order valence-corrected chi connectivity index (χ1v) is 16.1. The van der Waals surface area contributed by atoms with Crippen molar-refractivity contribution in [2.45, 2.75) is 57.2 Å². The summed E-state index contributed by atoms with van der Waals surface area (Å²) in [7, 11) is -2.84. The van der Waals surface area contributed by atoms with Crippen molar-refractivity contribution in [1.29, 1.82) is 0 Å². The summed E-state index contributed by atoms with van der Waals surface area (Å²) in [5, 5.41) is 11.7. The number of hydrogen-bond acceptors (Lipinski definition) is 3. The highest BCUT2D eigenvalue weighted by Crippen LogP contribution is 2.74. The second-order valence-electron chi connectivity index (χ2n) is 9.65. The van der Waals surface area contributed by atoms with Gasteiger partial charge in [-0.3, -0.25) is 0 Å². The van der Waals surface area contributed by atoms with Crippen molar-refractivity contribution < 1.29 is 14.6 Å². The van der Waals surface area contributed by atoms with Gasteiger partial charge in [-0.25, -0.2) is 0 Å². The molecule has 1 aromatic rings. The molecule has 0 heterocycles. The van der Waals surface area contributed by atoms with E-state index >= 15 is 0 Å². The van der Waals surface area contributed by atoms with Crippen LogP contribution in [0, 0.1) is 5.41 Å². The molecule has 0 amide bonds. The molecule has 142 valence electrons. The minimum atomic E-state index is -1.80. The molecule has 0 radical (unpaired) electrons. The topological polar surface area (TPSA) is 38.7 Å². The standard InChI is InChI=1S/C20H36O3Si2/c1-19(16-23-17-22-12-13-24(2,3)4)14-20(19,15-21)25(5,6)18-10-8-7-9-11-18/h7-11,21H,12-17H2,1-6H3/t19-,20+/m0/s1. The second-order valence-corrected chi connectivity index (χ2v) is 20.1. The van der Waals surface area contributed by atoms with Crippen LogP contribution in [-0.4, -0.2) is 47.9 Å². The molecule has 25 heavy (non-hydrogen) atoms. The van der Waals surface area contributed by atoms with E-state index < -0.39 is 16.1 Å². The minimum Gasteiger partial charge on any atom is -0.396 e. The minimum absolute atomic E-state index is 0.000321. The van der Waals surface area contributed by atoms with Crippen molar-refractivity contribution in [1.82, 2.24) is 0 Å². The van der Waals surface area contributed by atoms with Gasteiger partial charge in [0.15, 0.2) is 0 Å². The molecule has 0 aliphatic heterocycles. The van der Waals surface area contributed by atoms with Crippen LogP contribution in [0.1, 0.15) is 13.3 Å². The number of ether oxygens (including phenoxy) is 2. The molecular formula is C20H36O3Si2. The molecule has 3 nitrogen and oxygen atoms in total. The third kappa shape index (κ3) is 4.45. The van der Waals surface area contributed by atoms with E-state index in [1.807, 2.05) is 0 Å². The molecule has 1 aliphatic rings. The first kappa shape index (κ1) is 20.8. The number of aliphatic hydroxyl groups is 1. The Morgan fingerprint density at radius 2 is 1.68 bits per heavy atom. The summed E-state index contributed by atoms with van der Waals surface area (Å²) in [5.74, 6) is 0. The van der Waals surface area contributed by atoms with Gasteiger partial charge < -0.3 is 14.6 Å². The molecule has 0 unspecified atom stereocenters. The van der Waals surface area contributed by atoms with Crippen LogP contribution in [-0.2, 0) is 9.47 Å². The van der Waals surface area contributed by atoms with E-state index in [1.165, 1.54) is 11.2 Å². The summed E-state index contributed by atoms with van der Waals surface area (Å²) in [6, 6.07) is 11.9. The Morgan fingerprint density at radius 1 is 1.04 bits per heavy atom. The number of rotatable bonds is 10. The molecule has 0 saturated heterocycles. The molecule has 0 spiro atoms.